The maximum Gasteiger partial charge on any atom is 0.412 e. The number of benzene rings is 2. The molecule has 0 radical (unpaired) electrons. The summed E-state index contributed by atoms with van der Waals surface area (Å²) in [5.74, 6) is 2.24. The van der Waals surface area contributed by atoms with E-state index in [-0.39, 0.29) is 30.4 Å². The predicted molar refractivity (Wildman–Crippen MR) is 159 cm³/mol. The number of rotatable bonds is 13. The Kier molecular flexibility index (Phi) is 11.3. The number of ether oxygens (including phenoxy) is 5. The lowest BCUT2D eigenvalue weighted by Crippen LogP contribution is -2.44. The molecule has 0 aliphatic carbocycles. The van der Waals surface area contributed by atoms with Gasteiger partial charge < -0.3 is 38.8 Å². The van der Waals surface area contributed by atoms with Gasteiger partial charge in [0.15, 0.2) is 18.1 Å². The summed E-state index contributed by atoms with van der Waals surface area (Å²) in [5, 5.41) is 3.45. The molecule has 2 aliphatic heterocycles. The predicted octanol–water partition coefficient (Wildman–Crippen LogP) is 4.22. The van der Waals surface area contributed by atoms with Gasteiger partial charge in [-0.2, -0.15) is 0 Å². The maximum atomic E-state index is 13.8. The Balaban J connectivity index is 1.35. The minimum atomic E-state index is -0.811. The van der Waals surface area contributed by atoms with E-state index in [1.54, 1.807) is 25.1 Å². The van der Waals surface area contributed by atoms with Crippen molar-refractivity contribution in [3.05, 3.63) is 53.6 Å². The zero-order chi connectivity index (χ0) is 30.1. The summed E-state index contributed by atoms with van der Waals surface area (Å²) in [7, 11) is 3.40. The molecule has 2 heterocycles. The molecule has 2 aromatic carbocycles. The quantitative estimate of drug-likeness (QED) is 0.350. The molecule has 4 rings (SSSR count). The average Bonchev–Trinajstić information content (AvgIpc) is 3.43. The molecule has 230 valence electrons. The summed E-state index contributed by atoms with van der Waals surface area (Å²) < 4.78 is 28.2. The van der Waals surface area contributed by atoms with Crippen LogP contribution in [0, 0.1) is 11.8 Å². The summed E-state index contributed by atoms with van der Waals surface area (Å²) in [6, 6.07) is 13.0. The van der Waals surface area contributed by atoms with Crippen molar-refractivity contribution in [1.82, 2.24) is 15.1 Å². The van der Waals surface area contributed by atoms with Crippen molar-refractivity contribution >= 4 is 12.0 Å². The van der Waals surface area contributed by atoms with Crippen LogP contribution in [0.25, 0.3) is 0 Å². The van der Waals surface area contributed by atoms with E-state index in [0.29, 0.717) is 43.4 Å². The van der Waals surface area contributed by atoms with Gasteiger partial charge in [0.1, 0.15) is 5.75 Å². The number of carbonyl (C=O) groups excluding carboxylic acids is 2. The smallest absolute Gasteiger partial charge is 0.412 e. The topological polar surface area (TPSA) is 98.8 Å². The van der Waals surface area contributed by atoms with Gasteiger partial charge in [-0.05, 0) is 61.9 Å². The van der Waals surface area contributed by atoms with Gasteiger partial charge in [0.2, 0.25) is 0 Å². The van der Waals surface area contributed by atoms with Crippen molar-refractivity contribution in [2.24, 2.45) is 11.8 Å². The van der Waals surface area contributed by atoms with Crippen LogP contribution in [0.5, 0.6) is 17.2 Å². The van der Waals surface area contributed by atoms with Crippen LogP contribution in [0.4, 0.5) is 4.79 Å². The highest BCUT2D eigenvalue weighted by Gasteiger charge is 2.34. The molecule has 10 nitrogen and oxygen atoms in total. The van der Waals surface area contributed by atoms with Gasteiger partial charge in [-0.1, -0.05) is 25.1 Å². The molecular weight excluding hydrogens is 538 g/mol. The number of fused-ring (bicyclic) bond motifs is 1. The second-order valence-electron chi connectivity index (χ2n) is 11.2. The Morgan fingerprint density at radius 1 is 1.05 bits per heavy atom. The van der Waals surface area contributed by atoms with Gasteiger partial charge in [-0.3, -0.25) is 4.79 Å². The fourth-order valence-electron chi connectivity index (χ4n) is 5.35. The van der Waals surface area contributed by atoms with Gasteiger partial charge in [0.25, 0.3) is 12.2 Å². The molecule has 2 amide bonds. The largest absolute Gasteiger partial charge is 0.493 e. The van der Waals surface area contributed by atoms with Crippen LogP contribution in [-0.4, -0.2) is 94.3 Å². The standard InChI is InChI=1S/C32H45N3O7/c1-6-23-12-13-24(16-29(23)39-15-9-14-38-5)31(36)35(22(2)3)20-26-18-33-17-25(26)19-34(4)32(37)42-30-21-40-27-10-7-8-11-28(27)41-30/h7-8,10-13,16,22,25-26,30,33H,6,9,14-15,17-21H2,1-5H3/t25-,26-,30-/m0/s1. The van der Waals surface area contributed by atoms with E-state index in [2.05, 4.69) is 12.2 Å². The molecule has 10 heteroatoms. The summed E-state index contributed by atoms with van der Waals surface area (Å²) in [6.45, 7) is 10.0. The number of amides is 2. The van der Waals surface area contributed by atoms with Crippen LogP contribution in [-0.2, 0) is 15.9 Å². The van der Waals surface area contributed by atoms with Crippen LogP contribution in [0.15, 0.2) is 42.5 Å². The molecule has 0 bridgehead atoms. The van der Waals surface area contributed by atoms with E-state index in [9.17, 15) is 9.59 Å². The highest BCUT2D eigenvalue weighted by atomic mass is 16.7. The molecule has 3 atom stereocenters. The fraction of sp³-hybridized carbons (Fsp3) is 0.562. The Morgan fingerprint density at radius 2 is 1.79 bits per heavy atom. The van der Waals surface area contributed by atoms with Crippen molar-refractivity contribution in [3.63, 3.8) is 0 Å². The first-order valence-corrected chi connectivity index (χ1v) is 14.9. The second kappa shape index (κ2) is 15.1. The van der Waals surface area contributed by atoms with Gasteiger partial charge in [-0.25, -0.2) is 4.79 Å². The van der Waals surface area contributed by atoms with Gasteiger partial charge in [0, 0.05) is 65.0 Å². The Hall–Kier alpha value is -3.50. The number of nitrogens with zero attached hydrogens (tertiary/aromatic N) is 2. The van der Waals surface area contributed by atoms with Gasteiger partial charge in [-0.15, -0.1) is 0 Å². The molecule has 2 aromatic rings. The first-order valence-electron chi connectivity index (χ1n) is 14.9. The molecular formula is C32H45N3O7. The molecule has 0 spiro atoms. The van der Waals surface area contributed by atoms with Crippen LogP contribution in [0.3, 0.4) is 0 Å². The number of para-hydroxylation sites is 2. The molecule has 0 unspecified atom stereocenters. The van der Waals surface area contributed by atoms with E-state index in [4.69, 9.17) is 23.7 Å². The van der Waals surface area contributed by atoms with Crippen LogP contribution in [0.1, 0.15) is 43.1 Å². The lowest BCUT2D eigenvalue weighted by molar-refractivity contribution is -0.0836. The highest BCUT2D eigenvalue weighted by Crippen LogP contribution is 2.31. The van der Waals surface area contributed by atoms with E-state index >= 15 is 0 Å². The van der Waals surface area contributed by atoms with Crippen molar-refractivity contribution in [1.29, 1.82) is 0 Å². The lowest BCUT2D eigenvalue weighted by Gasteiger charge is -2.33. The van der Waals surface area contributed by atoms with E-state index in [0.717, 1.165) is 37.2 Å². The maximum absolute atomic E-state index is 13.8. The normalized spacial score (nSPS) is 19.4. The summed E-state index contributed by atoms with van der Waals surface area (Å²) in [5.41, 5.74) is 1.69. The fourth-order valence-corrected chi connectivity index (χ4v) is 5.35. The zero-order valence-electron chi connectivity index (χ0n) is 25.5. The molecule has 1 saturated heterocycles. The SMILES string of the molecule is CCc1ccc(C(=O)N(C[C@@H]2CNC[C@H]2CN(C)C(=O)O[C@H]2COc3ccccc3O2)C(C)C)cc1OCCCOC. The van der Waals surface area contributed by atoms with Crippen LogP contribution >= 0.6 is 0 Å². The van der Waals surface area contributed by atoms with Crippen molar-refractivity contribution in [2.75, 3.05) is 60.2 Å². The minimum absolute atomic E-state index is 0.00435. The van der Waals surface area contributed by atoms with Crippen LogP contribution < -0.4 is 19.5 Å². The third-order valence-electron chi connectivity index (χ3n) is 7.78. The van der Waals surface area contributed by atoms with E-state index in [1.165, 1.54) is 0 Å². The van der Waals surface area contributed by atoms with Crippen molar-refractivity contribution in [2.45, 2.75) is 45.9 Å². The summed E-state index contributed by atoms with van der Waals surface area (Å²) in [4.78, 5) is 30.2. The monoisotopic (exact) mass is 583 g/mol. The number of hydrogen-bond acceptors (Lipinski definition) is 8. The molecule has 2 aliphatic rings. The first-order chi connectivity index (χ1) is 20.3. The highest BCUT2D eigenvalue weighted by molar-refractivity contribution is 5.95. The third kappa shape index (κ3) is 8.07. The summed E-state index contributed by atoms with van der Waals surface area (Å²) >= 11 is 0. The molecule has 0 saturated carbocycles. The summed E-state index contributed by atoms with van der Waals surface area (Å²) in [6.07, 6.45) is 0.318. The number of methoxy groups -OCH3 is 1. The zero-order valence-corrected chi connectivity index (χ0v) is 25.5. The first kappa shape index (κ1) is 31.4. The molecule has 1 N–H and O–H groups in total. The number of hydrogen-bond donors (Lipinski definition) is 1. The van der Waals surface area contributed by atoms with Gasteiger partial charge >= 0.3 is 6.09 Å². The van der Waals surface area contributed by atoms with Crippen molar-refractivity contribution < 1.29 is 33.3 Å². The second-order valence-corrected chi connectivity index (χ2v) is 11.2. The Labute approximate surface area is 249 Å². The van der Waals surface area contributed by atoms with E-state index in [1.807, 2.05) is 55.1 Å². The lowest BCUT2D eigenvalue weighted by atomic mass is 9.94. The number of aryl methyl sites for hydroxylation is 1. The van der Waals surface area contributed by atoms with E-state index < -0.39 is 12.4 Å². The Bertz CT molecular complexity index is 1190. The Morgan fingerprint density at radius 3 is 2.50 bits per heavy atom. The molecule has 0 aromatic heterocycles. The molecule has 1 fully saturated rings. The minimum Gasteiger partial charge on any atom is -0.493 e. The number of nitrogens with one attached hydrogen (secondary N) is 1. The third-order valence-corrected chi connectivity index (χ3v) is 7.78. The number of carbonyl (C=O) groups is 2. The van der Waals surface area contributed by atoms with Crippen molar-refractivity contribution in [3.8, 4) is 17.2 Å². The van der Waals surface area contributed by atoms with Crippen LogP contribution in [0.2, 0.25) is 0 Å². The van der Waals surface area contributed by atoms with Gasteiger partial charge in [0.05, 0.1) is 6.61 Å². The average molecular weight is 584 g/mol. The molecule has 42 heavy (non-hydrogen) atoms.